The normalized spacial score (nSPS) is 22.2. The standard InChI is InChI=1S/C6H12N2O4/c1-10-7-6(9)8-12-5-2-3-11-4-5/h5H,2-4H2,1H3,(H2,7,8,9). The van der Waals surface area contributed by atoms with Crippen molar-refractivity contribution in [3.05, 3.63) is 0 Å². The van der Waals surface area contributed by atoms with Crippen LogP contribution in [0.25, 0.3) is 0 Å². The Hall–Kier alpha value is -0.850. The molecule has 0 aromatic rings. The van der Waals surface area contributed by atoms with Crippen molar-refractivity contribution in [2.75, 3.05) is 20.3 Å². The average Bonchev–Trinajstić information content (AvgIpc) is 2.53. The predicted octanol–water partition coefficient (Wildman–Crippen LogP) is -0.433. The monoisotopic (exact) mass is 176 g/mol. The maximum Gasteiger partial charge on any atom is 0.362 e. The van der Waals surface area contributed by atoms with Crippen molar-refractivity contribution in [3.8, 4) is 0 Å². The van der Waals surface area contributed by atoms with E-state index in [0.717, 1.165) is 6.42 Å². The van der Waals surface area contributed by atoms with Gasteiger partial charge in [-0.15, -0.1) is 0 Å². The molecule has 0 radical (unpaired) electrons. The second-order valence-corrected chi connectivity index (χ2v) is 2.34. The third-order valence-electron chi connectivity index (χ3n) is 1.40. The van der Waals surface area contributed by atoms with Crippen LogP contribution in [0.2, 0.25) is 0 Å². The Labute approximate surface area is 70.1 Å². The molecule has 0 spiro atoms. The first-order valence-corrected chi connectivity index (χ1v) is 3.65. The van der Waals surface area contributed by atoms with Crippen LogP contribution in [0.4, 0.5) is 4.79 Å². The molecule has 0 aromatic heterocycles. The van der Waals surface area contributed by atoms with Crippen LogP contribution in [0.5, 0.6) is 0 Å². The molecular weight excluding hydrogens is 164 g/mol. The van der Waals surface area contributed by atoms with E-state index in [0.29, 0.717) is 13.2 Å². The maximum atomic E-state index is 10.7. The van der Waals surface area contributed by atoms with Gasteiger partial charge in [-0.3, -0.25) is 9.68 Å². The number of carbonyl (C=O) groups is 1. The lowest BCUT2D eigenvalue weighted by Gasteiger charge is -2.09. The van der Waals surface area contributed by atoms with Gasteiger partial charge in [-0.05, 0) is 0 Å². The van der Waals surface area contributed by atoms with E-state index in [2.05, 4.69) is 15.8 Å². The summed E-state index contributed by atoms with van der Waals surface area (Å²) in [5.74, 6) is 0. The van der Waals surface area contributed by atoms with E-state index in [1.807, 2.05) is 0 Å². The molecule has 2 amide bonds. The van der Waals surface area contributed by atoms with Gasteiger partial charge in [0.2, 0.25) is 0 Å². The molecule has 6 nitrogen and oxygen atoms in total. The number of urea groups is 1. The zero-order valence-corrected chi connectivity index (χ0v) is 6.83. The number of hydrogen-bond acceptors (Lipinski definition) is 4. The molecule has 1 fully saturated rings. The van der Waals surface area contributed by atoms with Crippen molar-refractivity contribution >= 4 is 6.03 Å². The van der Waals surface area contributed by atoms with Gasteiger partial charge in [-0.2, -0.15) is 0 Å². The summed E-state index contributed by atoms with van der Waals surface area (Å²) >= 11 is 0. The molecule has 0 saturated carbocycles. The topological polar surface area (TPSA) is 68.8 Å². The first kappa shape index (κ1) is 9.24. The Bertz CT molecular complexity index is 146. The molecule has 6 heteroatoms. The van der Waals surface area contributed by atoms with Crippen molar-refractivity contribution in [3.63, 3.8) is 0 Å². The molecule has 0 aromatic carbocycles. The summed E-state index contributed by atoms with van der Waals surface area (Å²) in [6, 6.07) is -0.524. The maximum absolute atomic E-state index is 10.7. The summed E-state index contributed by atoms with van der Waals surface area (Å²) in [6.07, 6.45) is 0.750. The Balaban J connectivity index is 2.03. The van der Waals surface area contributed by atoms with E-state index in [-0.39, 0.29) is 6.10 Å². The highest BCUT2D eigenvalue weighted by Crippen LogP contribution is 2.05. The minimum absolute atomic E-state index is 0.0485. The highest BCUT2D eigenvalue weighted by molar-refractivity contribution is 5.71. The largest absolute Gasteiger partial charge is 0.379 e. The van der Waals surface area contributed by atoms with E-state index >= 15 is 0 Å². The Kier molecular flexibility index (Phi) is 3.78. The second kappa shape index (κ2) is 4.91. The van der Waals surface area contributed by atoms with Crippen LogP contribution in [0.1, 0.15) is 6.42 Å². The van der Waals surface area contributed by atoms with Crippen molar-refractivity contribution < 1.29 is 19.2 Å². The molecule has 0 aliphatic carbocycles. The lowest BCUT2D eigenvalue weighted by molar-refractivity contribution is -0.0187. The molecule has 1 atom stereocenters. The average molecular weight is 176 g/mol. The number of hydroxylamine groups is 2. The predicted molar refractivity (Wildman–Crippen MR) is 39.0 cm³/mol. The molecule has 70 valence electrons. The van der Waals surface area contributed by atoms with Gasteiger partial charge < -0.3 is 4.74 Å². The van der Waals surface area contributed by atoms with Crippen molar-refractivity contribution in [1.29, 1.82) is 0 Å². The van der Waals surface area contributed by atoms with Crippen molar-refractivity contribution in [2.24, 2.45) is 0 Å². The third-order valence-corrected chi connectivity index (χ3v) is 1.40. The Morgan fingerprint density at radius 1 is 1.58 bits per heavy atom. The second-order valence-electron chi connectivity index (χ2n) is 2.34. The van der Waals surface area contributed by atoms with E-state index in [9.17, 15) is 4.79 Å². The fourth-order valence-corrected chi connectivity index (χ4v) is 0.856. The van der Waals surface area contributed by atoms with Gasteiger partial charge in [-0.25, -0.2) is 15.8 Å². The zero-order chi connectivity index (χ0) is 8.81. The molecule has 12 heavy (non-hydrogen) atoms. The molecule has 1 aliphatic heterocycles. The minimum Gasteiger partial charge on any atom is -0.379 e. The summed E-state index contributed by atoms with van der Waals surface area (Å²) in [7, 11) is 1.35. The van der Waals surface area contributed by atoms with Crippen molar-refractivity contribution in [1.82, 2.24) is 11.0 Å². The highest BCUT2D eigenvalue weighted by Gasteiger charge is 2.17. The van der Waals surface area contributed by atoms with Crippen LogP contribution in [0, 0.1) is 0 Å². The molecule has 1 aliphatic rings. The van der Waals surface area contributed by atoms with Crippen LogP contribution in [-0.4, -0.2) is 32.5 Å². The first-order chi connectivity index (χ1) is 5.83. The van der Waals surface area contributed by atoms with Gasteiger partial charge in [0.1, 0.15) is 6.10 Å². The number of rotatable bonds is 3. The Morgan fingerprint density at radius 3 is 3.00 bits per heavy atom. The van der Waals surface area contributed by atoms with Gasteiger partial charge in [0.05, 0.1) is 13.7 Å². The van der Waals surface area contributed by atoms with Crippen LogP contribution in [0.3, 0.4) is 0 Å². The van der Waals surface area contributed by atoms with Crippen LogP contribution < -0.4 is 11.0 Å². The zero-order valence-electron chi connectivity index (χ0n) is 6.83. The highest BCUT2D eigenvalue weighted by atomic mass is 16.7. The Morgan fingerprint density at radius 2 is 2.42 bits per heavy atom. The van der Waals surface area contributed by atoms with Crippen molar-refractivity contribution in [2.45, 2.75) is 12.5 Å². The molecule has 0 bridgehead atoms. The van der Waals surface area contributed by atoms with E-state index < -0.39 is 6.03 Å². The minimum atomic E-state index is -0.524. The fraction of sp³-hybridized carbons (Fsp3) is 0.833. The molecule has 1 rings (SSSR count). The van der Waals surface area contributed by atoms with E-state index in [1.54, 1.807) is 0 Å². The third kappa shape index (κ3) is 3.04. The molecule has 1 unspecified atom stereocenters. The fourth-order valence-electron chi connectivity index (χ4n) is 0.856. The van der Waals surface area contributed by atoms with Gasteiger partial charge in [-0.1, -0.05) is 0 Å². The SMILES string of the molecule is CONC(=O)NOC1CCOC1. The van der Waals surface area contributed by atoms with E-state index in [1.165, 1.54) is 7.11 Å². The molecule has 1 saturated heterocycles. The van der Waals surface area contributed by atoms with E-state index in [4.69, 9.17) is 9.57 Å². The quantitative estimate of drug-likeness (QED) is 0.572. The van der Waals surface area contributed by atoms with Crippen LogP contribution in [0.15, 0.2) is 0 Å². The summed E-state index contributed by atoms with van der Waals surface area (Å²) in [5, 5.41) is 0. The molecule has 2 N–H and O–H groups in total. The molecule has 1 heterocycles. The van der Waals surface area contributed by atoms with Gasteiger partial charge >= 0.3 is 6.03 Å². The summed E-state index contributed by atoms with van der Waals surface area (Å²) in [5.41, 5.74) is 4.22. The number of amides is 2. The summed E-state index contributed by atoms with van der Waals surface area (Å²) < 4.78 is 5.02. The lowest BCUT2D eigenvalue weighted by Crippen LogP contribution is -2.37. The van der Waals surface area contributed by atoms with Crippen LogP contribution >= 0.6 is 0 Å². The summed E-state index contributed by atoms with van der Waals surface area (Å²) in [6.45, 7) is 1.20. The summed E-state index contributed by atoms with van der Waals surface area (Å²) in [4.78, 5) is 20.0. The molecular formula is C6H12N2O4. The number of hydrogen-bond donors (Lipinski definition) is 2. The number of carbonyl (C=O) groups excluding carboxylic acids is 1. The number of nitrogens with one attached hydrogen (secondary N) is 2. The smallest absolute Gasteiger partial charge is 0.362 e. The number of ether oxygens (including phenoxy) is 1. The first-order valence-electron chi connectivity index (χ1n) is 3.65. The lowest BCUT2D eigenvalue weighted by atomic mass is 10.3. The van der Waals surface area contributed by atoms with Gasteiger partial charge in [0.15, 0.2) is 0 Å². The van der Waals surface area contributed by atoms with Gasteiger partial charge in [0, 0.05) is 13.0 Å². The van der Waals surface area contributed by atoms with Crippen LogP contribution in [-0.2, 0) is 14.4 Å². The van der Waals surface area contributed by atoms with Gasteiger partial charge in [0.25, 0.3) is 0 Å².